The van der Waals surface area contributed by atoms with Crippen LogP contribution in [0.25, 0.3) is 0 Å². The van der Waals surface area contributed by atoms with Gasteiger partial charge in [-0.2, -0.15) is 0 Å². The Hall–Kier alpha value is -1.51. The lowest BCUT2D eigenvalue weighted by atomic mass is 10.1. The summed E-state index contributed by atoms with van der Waals surface area (Å²) in [5.41, 5.74) is 6.48. The fourth-order valence-electron chi connectivity index (χ4n) is 1.22. The standard InChI is InChI=1S/C13H14FNO2S/c1-17-13(16)9-18-8-10-4-5-12(14)11(7-10)3-2-6-15/h4-5,7H,6,8-9,15H2,1H3. The van der Waals surface area contributed by atoms with Crippen LogP contribution in [-0.2, 0) is 15.3 Å². The fourth-order valence-corrected chi connectivity index (χ4v) is 2.02. The van der Waals surface area contributed by atoms with E-state index in [4.69, 9.17) is 5.73 Å². The molecule has 0 radical (unpaired) electrons. The van der Waals surface area contributed by atoms with Crippen LogP contribution < -0.4 is 5.73 Å². The average Bonchev–Trinajstić information content (AvgIpc) is 2.38. The molecule has 96 valence electrons. The molecule has 1 rings (SSSR count). The van der Waals surface area contributed by atoms with Gasteiger partial charge in [-0.15, -0.1) is 11.8 Å². The van der Waals surface area contributed by atoms with Crippen molar-refractivity contribution in [2.75, 3.05) is 19.4 Å². The van der Waals surface area contributed by atoms with Crippen LogP contribution in [0.5, 0.6) is 0 Å². The molecule has 18 heavy (non-hydrogen) atoms. The molecule has 3 nitrogen and oxygen atoms in total. The second kappa shape index (κ2) is 7.75. The lowest BCUT2D eigenvalue weighted by molar-refractivity contribution is -0.137. The van der Waals surface area contributed by atoms with E-state index in [-0.39, 0.29) is 24.1 Å². The topological polar surface area (TPSA) is 52.3 Å². The van der Waals surface area contributed by atoms with Crippen LogP contribution in [-0.4, -0.2) is 25.4 Å². The predicted octanol–water partition coefficient (Wildman–Crippen LogP) is 1.54. The van der Waals surface area contributed by atoms with Crippen molar-refractivity contribution >= 4 is 17.7 Å². The summed E-state index contributed by atoms with van der Waals surface area (Å²) in [6.07, 6.45) is 0. The molecule has 1 aromatic carbocycles. The maximum Gasteiger partial charge on any atom is 0.315 e. The van der Waals surface area contributed by atoms with Crippen LogP contribution in [0.1, 0.15) is 11.1 Å². The second-order valence-corrected chi connectivity index (χ2v) is 4.37. The van der Waals surface area contributed by atoms with Crippen LogP contribution in [0, 0.1) is 17.7 Å². The Morgan fingerprint density at radius 1 is 1.56 bits per heavy atom. The summed E-state index contributed by atoms with van der Waals surface area (Å²) in [6.45, 7) is 0.195. The Labute approximate surface area is 110 Å². The van der Waals surface area contributed by atoms with E-state index in [2.05, 4.69) is 16.6 Å². The highest BCUT2D eigenvalue weighted by molar-refractivity contribution is 7.99. The van der Waals surface area contributed by atoms with Gasteiger partial charge in [-0.3, -0.25) is 4.79 Å². The molecule has 2 N–H and O–H groups in total. The van der Waals surface area contributed by atoms with Crippen molar-refractivity contribution in [1.29, 1.82) is 0 Å². The van der Waals surface area contributed by atoms with Gasteiger partial charge < -0.3 is 10.5 Å². The number of carbonyl (C=O) groups excluding carboxylic acids is 1. The SMILES string of the molecule is COC(=O)CSCc1ccc(F)c(C#CCN)c1. The van der Waals surface area contributed by atoms with E-state index in [1.165, 1.54) is 24.9 Å². The van der Waals surface area contributed by atoms with Crippen LogP contribution in [0.15, 0.2) is 18.2 Å². The van der Waals surface area contributed by atoms with Gasteiger partial charge in [0.2, 0.25) is 0 Å². The predicted molar refractivity (Wildman–Crippen MR) is 70.5 cm³/mol. The van der Waals surface area contributed by atoms with Gasteiger partial charge in [0.1, 0.15) is 5.82 Å². The highest BCUT2D eigenvalue weighted by atomic mass is 32.2. The van der Waals surface area contributed by atoms with Crippen molar-refractivity contribution in [2.45, 2.75) is 5.75 Å². The average molecular weight is 267 g/mol. The van der Waals surface area contributed by atoms with Crippen LogP contribution in [0.3, 0.4) is 0 Å². The number of methoxy groups -OCH3 is 1. The van der Waals surface area contributed by atoms with Crippen molar-refractivity contribution < 1.29 is 13.9 Å². The highest BCUT2D eigenvalue weighted by Gasteiger charge is 2.04. The zero-order chi connectivity index (χ0) is 13.4. The number of hydrogen-bond acceptors (Lipinski definition) is 4. The quantitative estimate of drug-likeness (QED) is 0.664. The number of carbonyl (C=O) groups is 1. The summed E-state index contributed by atoms with van der Waals surface area (Å²) in [5.74, 6) is 5.53. The second-order valence-electron chi connectivity index (χ2n) is 3.39. The number of benzene rings is 1. The van der Waals surface area contributed by atoms with Crippen molar-refractivity contribution in [2.24, 2.45) is 5.73 Å². The Balaban J connectivity index is 2.64. The van der Waals surface area contributed by atoms with Crippen molar-refractivity contribution in [3.63, 3.8) is 0 Å². The first-order chi connectivity index (χ1) is 8.67. The Morgan fingerprint density at radius 3 is 3.00 bits per heavy atom. The van der Waals surface area contributed by atoms with E-state index in [1.807, 2.05) is 0 Å². The Kier molecular flexibility index (Phi) is 6.26. The number of hydrogen-bond donors (Lipinski definition) is 1. The van der Waals surface area contributed by atoms with Gasteiger partial charge >= 0.3 is 5.97 Å². The molecule has 0 heterocycles. The number of nitrogens with two attached hydrogens (primary N) is 1. The molecule has 0 aliphatic rings. The Morgan fingerprint density at radius 2 is 2.33 bits per heavy atom. The van der Waals surface area contributed by atoms with Gasteiger partial charge in [-0.1, -0.05) is 17.9 Å². The minimum atomic E-state index is -0.363. The third-order valence-corrected chi connectivity index (χ3v) is 3.05. The molecule has 0 spiro atoms. The zero-order valence-electron chi connectivity index (χ0n) is 10.0. The van der Waals surface area contributed by atoms with Gasteiger partial charge in [0.15, 0.2) is 0 Å². The van der Waals surface area contributed by atoms with Gasteiger partial charge in [-0.05, 0) is 17.7 Å². The monoisotopic (exact) mass is 267 g/mol. The molecule has 0 fully saturated rings. The number of esters is 1. The maximum atomic E-state index is 13.4. The van der Waals surface area contributed by atoms with Gasteiger partial charge in [0.05, 0.1) is 25.0 Å². The molecule has 0 saturated carbocycles. The van der Waals surface area contributed by atoms with E-state index in [0.29, 0.717) is 11.3 Å². The molecule has 5 heteroatoms. The molecule has 0 aromatic heterocycles. The molecule has 0 aliphatic heterocycles. The summed E-state index contributed by atoms with van der Waals surface area (Å²) in [4.78, 5) is 10.9. The first kappa shape index (κ1) is 14.6. The van der Waals surface area contributed by atoms with Crippen LogP contribution >= 0.6 is 11.8 Å². The summed E-state index contributed by atoms with van der Waals surface area (Å²) >= 11 is 1.41. The summed E-state index contributed by atoms with van der Waals surface area (Å²) in [7, 11) is 1.35. The molecular formula is C13H14FNO2S. The first-order valence-electron chi connectivity index (χ1n) is 5.29. The third kappa shape index (κ3) is 4.78. The smallest absolute Gasteiger partial charge is 0.315 e. The van der Waals surface area contributed by atoms with Gasteiger partial charge in [0, 0.05) is 5.75 Å². The Bertz CT molecular complexity index is 480. The summed E-state index contributed by atoms with van der Waals surface area (Å²) < 4.78 is 17.9. The molecule has 0 saturated heterocycles. The molecule has 0 bridgehead atoms. The maximum absolute atomic E-state index is 13.4. The summed E-state index contributed by atoms with van der Waals surface area (Å²) in [5, 5.41) is 0. The highest BCUT2D eigenvalue weighted by Crippen LogP contribution is 2.15. The van der Waals surface area contributed by atoms with Crippen molar-refractivity contribution in [3.05, 3.63) is 35.1 Å². The number of halogens is 1. The molecule has 1 aromatic rings. The van der Waals surface area contributed by atoms with E-state index in [0.717, 1.165) is 5.56 Å². The normalized spacial score (nSPS) is 9.50. The number of ether oxygens (including phenoxy) is 1. The summed E-state index contributed by atoms with van der Waals surface area (Å²) in [6, 6.07) is 4.71. The lowest BCUT2D eigenvalue weighted by Crippen LogP contribution is -2.03. The minimum Gasteiger partial charge on any atom is -0.468 e. The fraction of sp³-hybridized carbons (Fsp3) is 0.308. The van der Waals surface area contributed by atoms with E-state index < -0.39 is 0 Å². The zero-order valence-corrected chi connectivity index (χ0v) is 10.8. The number of thioether (sulfide) groups is 1. The van der Waals surface area contributed by atoms with Crippen molar-refractivity contribution in [1.82, 2.24) is 0 Å². The van der Waals surface area contributed by atoms with Gasteiger partial charge in [0.25, 0.3) is 0 Å². The van der Waals surface area contributed by atoms with E-state index >= 15 is 0 Å². The molecule has 0 atom stereocenters. The van der Waals surface area contributed by atoms with Crippen LogP contribution in [0.4, 0.5) is 4.39 Å². The minimum absolute atomic E-state index is 0.195. The number of rotatable bonds is 4. The van der Waals surface area contributed by atoms with Crippen molar-refractivity contribution in [3.8, 4) is 11.8 Å². The van der Waals surface area contributed by atoms with E-state index in [1.54, 1.807) is 12.1 Å². The first-order valence-corrected chi connectivity index (χ1v) is 6.44. The molecular weight excluding hydrogens is 253 g/mol. The third-order valence-electron chi connectivity index (χ3n) is 2.07. The van der Waals surface area contributed by atoms with Gasteiger partial charge in [-0.25, -0.2) is 4.39 Å². The molecule has 0 aliphatic carbocycles. The van der Waals surface area contributed by atoms with E-state index in [9.17, 15) is 9.18 Å². The largest absolute Gasteiger partial charge is 0.468 e. The lowest BCUT2D eigenvalue weighted by Gasteiger charge is -2.02. The molecule has 0 unspecified atom stereocenters. The van der Waals surface area contributed by atoms with Crippen LogP contribution in [0.2, 0.25) is 0 Å². The molecule has 0 amide bonds.